The number of nitrogens with zero attached hydrogens (tertiary/aromatic N) is 1. The molecule has 3 rings (SSSR count). The molecule has 1 saturated carbocycles. The van der Waals surface area contributed by atoms with E-state index in [1.54, 1.807) is 0 Å². The lowest BCUT2D eigenvalue weighted by Crippen LogP contribution is -2.41. The second-order valence-electron chi connectivity index (χ2n) is 6.05. The fourth-order valence-electron chi connectivity index (χ4n) is 2.93. The van der Waals surface area contributed by atoms with E-state index in [9.17, 15) is 0 Å². The van der Waals surface area contributed by atoms with Crippen molar-refractivity contribution in [3.05, 3.63) is 28.8 Å². The first-order chi connectivity index (χ1) is 9.63. The normalized spacial score (nSPS) is 26.9. The summed E-state index contributed by atoms with van der Waals surface area (Å²) in [5.41, 5.74) is 2.59. The second-order valence-corrected chi connectivity index (χ2v) is 8.34. The van der Waals surface area contributed by atoms with Gasteiger partial charge in [0.15, 0.2) is 0 Å². The van der Waals surface area contributed by atoms with Gasteiger partial charge in [-0.25, -0.2) is 0 Å². The molecule has 0 bridgehead atoms. The fourth-order valence-corrected chi connectivity index (χ4v) is 4.49. The summed E-state index contributed by atoms with van der Waals surface area (Å²) >= 11 is 8.54. The Morgan fingerprint density at radius 3 is 2.60 bits per heavy atom. The van der Waals surface area contributed by atoms with Gasteiger partial charge in [-0.3, -0.25) is 0 Å². The first-order valence-corrected chi connectivity index (χ1v) is 8.86. The van der Waals surface area contributed by atoms with Crippen molar-refractivity contribution in [1.82, 2.24) is 5.32 Å². The Balaban J connectivity index is 1.81. The molecular formula is C16H23ClN2S. The van der Waals surface area contributed by atoms with E-state index in [0.717, 1.165) is 24.7 Å². The van der Waals surface area contributed by atoms with E-state index in [-0.39, 0.29) is 0 Å². The van der Waals surface area contributed by atoms with Crippen LogP contribution in [0.25, 0.3) is 0 Å². The molecule has 0 spiro atoms. The first-order valence-electron chi connectivity index (χ1n) is 7.54. The molecule has 1 aromatic rings. The van der Waals surface area contributed by atoms with Crippen molar-refractivity contribution < 1.29 is 0 Å². The smallest absolute Gasteiger partial charge is 0.0471 e. The summed E-state index contributed by atoms with van der Waals surface area (Å²) in [5, 5.41) is 5.86. The van der Waals surface area contributed by atoms with Gasteiger partial charge in [-0.2, -0.15) is 11.8 Å². The summed E-state index contributed by atoms with van der Waals surface area (Å²) in [6.45, 7) is 7.77. The minimum absolute atomic E-state index is 0.682. The van der Waals surface area contributed by atoms with Crippen molar-refractivity contribution in [3.63, 3.8) is 0 Å². The van der Waals surface area contributed by atoms with Crippen molar-refractivity contribution in [3.8, 4) is 0 Å². The van der Waals surface area contributed by atoms with Crippen molar-refractivity contribution in [2.24, 2.45) is 0 Å². The summed E-state index contributed by atoms with van der Waals surface area (Å²) in [6.07, 6.45) is 2.63. The van der Waals surface area contributed by atoms with E-state index in [1.807, 2.05) is 6.07 Å². The van der Waals surface area contributed by atoms with Crippen LogP contribution in [0.2, 0.25) is 5.02 Å². The summed E-state index contributed by atoms with van der Waals surface area (Å²) in [4.78, 5) is 2.52. The molecule has 0 amide bonds. The predicted molar refractivity (Wildman–Crippen MR) is 90.0 cm³/mol. The van der Waals surface area contributed by atoms with Crippen molar-refractivity contribution in [2.75, 3.05) is 18.0 Å². The number of hydrogen-bond donors (Lipinski definition) is 1. The number of halogens is 1. The van der Waals surface area contributed by atoms with Gasteiger partial charge < -0.3 is 10.2 Å². The van der Waals surface area contributed by atoms with Crippen LogP contribution < -0.4 is 10.2 Å². The van der Waals surface area contributed by atoms with Crippen LogP contribution in [0, 0.1) is 0 Å². The van der Waals surface area contributed by atoms with Crippen LogP contribution in [0.15, 0.2) is 18.2 Å². The number of nitrogens with one attached hydrogen (secondary N) is 1. The molecular weight excluding hydrogens is 288 g/mol. The van der Waals surface area contributed by atoms with Crippen molar-refractivity contribution in [2.45, 2.75) is 49.8 Å². The quantitative estimate of drug-likeness (QED) is 0.907. The first kappa shape index (κ1) is 14.6. The molecule has 2 unspecified atom stereocenters. The van der Waals surface area contributed by atoms with Crippen molar-refractivity contribution >= 4 is 29.1 Å². The molecule has 1 aliphatic carbocycles. The highest BCUT2D eigenvalue weighted by Crippen LogP contribution is 2.33. The Hall–Kier alpha value is -0.380. The minimum atomic E-state index is 0.682. The molecule has 2 nitrogen and oxygen atoms in total. The molecule has 2 fully saturated rings. The molecule has 2 aliphatic rings. The SMILES string of the molecule is CC1CN(c2cccc(Cl)c2CNC2CC2)CC(C)S1. The number of anilines is 1. The third-order valence-electron chi connectivity index (χ3n) is 4.00. The lowest BCUT2D eigenvalue weighted by molar-refractivity contribution is 0.676. The maximum Gasteiger partial charge on any atom is 0.0471 e. The summed E-state index contributed by atoms with van der Waals surface area (Å²) in [7, 11) is 0. The number of thioether (sulfide) groups is 1. The van der Waals surface area contributed by atoms with E-state index in [4.69, 9.17) is 11.6 Å². The lowest BCUT2D eigenvalue weighted by Gasteiger charge is -2.37. The molecule has 1 N–H and O–H groups in total. The van der Waals surface area contributed by atoms with E-state index in [1.165, 1.54) is 24.1 Å². The highest BCUT2D eigenvalue weighted by atomic mass is 35.5. The topological polar surface area (TPSA) is 15.3 Å². The van der Waals surface area contributed by atoms with Crippen LogP contribution in [0.5, 0.6) is 0 Å². The highest BCUT2D eigenvalue weighted by Gasteiger charge is 2.26. The predicted octanol–water partition coefficient (Wildman–Crippen LogP) is 3.92. The van der Waals surface area contributed by atoms with Gasteiger partial charge in [-0.15, -0.1) is 0 Å². The van der Waals surface area contributed by atoms with E-state index in [0.29, 0.717) is 16.5 Å². The van der Waals surface area contributed by atoms with Crippen LogP contribution in [0.3, 0.4) is 0 Å². The molecule has 1 saturated heterocycles. The fraction of sp³-hybridized carbons (Fsp3) is 0.625. The molecule has 2 atom stereocenters. The standard InChI is InChI=1S/C16H23ClN2S/c1-11-9-19(10-12(2)20-11)16-5-3-4-15(17)14(16)8-18-13-6-7-13/h3-5,11-13,18H,6-10H2,1-2H3. The largest absolute Gasteiger partial charge is 0.369 e. The van der Waals surface area contributed by atoms with E-state index >= 15 is 0 Å². The molecule has 1 aromatic carbocycles. The van der Waals surface area contributed by atoms with Crippen LogP contribution in [0.1, 0.15) is 32.3 Å². The average molecular weight is 311 g/mol. The molecule has 110 valence electrons. The number of benzene rings is 1. The maximum atomic E-state index is 6.45. The Bertz CT molecular complexity index is 466. The van der Waals surface area contributed by atoms with Crippen LogP contribution in [0.4, 0.5) is 5.69 Å². The van der Waals surface area contributed by atoms with Gasteiger partial charge in [0.1, 0.15) is 0 Å². The third kappa shape index (κ3) is 3.44. The van der Waals surface area contributed by atoms with Gasteiger partial charge in [0, 0.05) is 52.4 Å². The zero-order chi connectivity index (χ0) is 14.1. The van der Waals surface area contributed by atoms with Gasteiger partial charge in [0.05, 0.1) is 0 Å². The lowest BCUT2D eigenvalue weighted by atomic mass is 10.1. The van der Waals surface area contributed by atoms with Gasteiger partial charge in [-0.1, -0.05) is 31.5 Å². The Kier molecular flexibility index (Phi) is 4.49. The van der Waals surface area contributed by atoms with Crippen LogP contribution in [-0.2, 0) is 6.54 Å². The molecule has 20 heavy (non-hydrogen) atoms. The minimum Gasteiger partial charge on any atom is -0.369 e. The number of hydrogen-bond acceptors (Lipinski definition) is 3. The van der Waals surface area contributed by atoms with Crippen LogP contribution >= 0.6 is 23.4 Å². The summed E-state index contributed by atoms with van der Waals surface area (Å²) < 4.78 is 0. The van der Waals surface area contributed by atoms with Gasteiger partial charge >= 0.3 is 0 Å². The Labute approximate surface area is 131 Å². The summed E-state index contributed by atoms with van der Waals surface area (Å²) in [5.74, 6) is 0. The Morgan fingerprint density at radius 2 is 1.95 bits per heavy atom. The number of rotatable bonds is 4. The second kappa shape index (κ2) is 6.17. The molecule has 4 heteroatoms. The van der Waals surface area contributed by atoms with Crippen molar-refractivity contribution in [1.29, 1.82) is 0 Å². The zero-order valence-corrected chi connectivity index (χ0v) is 13.8. The Morgan fingerprint density at radius 1 is 1.25 bits per heavy atom. The zero-order valence-electron chi connectivity index (χ0n) is 12.2. The van der Waals surface area contributed by atoms with Crippen LogP contribution in [-0.4, -0.2) is 29.6 Å². The van der Waals surface area contributed by atoms with Gasteiger partial charge in [0.25, 0.3) is 0 Å². The van der Waals surface area contributed by atoms with E-state index in [2.05, 4.69) is 48.0 Å². The third-order valence-corrected chi connectivity index (χ3v) is 5.58. The van der Waals surface area contributed by atoms with Gasteiger partial charge in [0.2, 0.25) is 0 Å². The summed E-state index contributed by atoms with van der Waals surface area (Å²) in [6, 6.07) is 7.04. The molecule has 0 aromatic heterocycles. The molecule has 1 aliphatic heterocycles. The maximum absolute atomic E-state index is 6.45. The molecule has 0 radical (unpaired) electrons. The monoisotopic (exact) mass is 310 g/mol. The van der Waals surface area contributed by atoms with E-state index < -0.39 is 0 Å². The molecule has 1 heterocycles. The highest BCUT2D eigenvalue weighted by molar-refractivity contribution is 8.00. The van der Waals surface area contributed by atoms with Gasteiger partial charge in [-0.05, 0) is 25.0 Å². The average Bonchev–Trinajstić information content (AvgIpc) is 3.20.